The quantitative estimate of drug-likeness (QED) is 0.746. The Labute approximate surface area is 138 Å². The van der Waals surface area contributed by atoms with Gasteiger partial charge < -0.3 is 9.72 Å². The first-order chi connectivity index (χ1) is 11.7. The number of halogens is 1. The summed E-state index contributed by atoms with van der Waals surface area (Å²) in [5.74, 6) is 1.54. The SMILES string of the molecule is CN(Cc1nc2c(F)cccc2[nH]1)C[C@H]1OCC[C@H]1c1ncn[nH]1. The molecule has 0 saturated carbocycles. The van der Waals surface area contributed by atoms with Gasteiger partial charge in [-0.1, -0.05) is 6.07 Å². The molecular weight excluding hydrogens is 311 g/mol. The summed E-state index contributed by atoms with van der Waals surface area (Å²) in [5, 5.41) is 6.86. The highest BCUT2D eigenvalue weighted by molar-refractivity contribution is 5.75. The predicted octanol–water partition coefficient (Wildman–Crippen LogP) is 1.82. The molecule has 8 heteroatoms. The van der Waals surface area contributed by atoms with Crippen molar-refractivity contribution in [3.8, 4) is 0 Å². The van der Waals surface area contributed by atoms with Gasteiger partial charge in [0, 0.05) is 19.1 Å². The molecule has 3 heterocycles. The molecule has 1 aliphatic heterocycles. The molecule has 1 aliphatic rings. The number of aromatic nitrogens is 5. The number of ether oxygens (including phenoxy) is 1. The van der Waals surface area contributed by atoms with Crippen molar-refractivity contribution >= 4 is 11.0 Å². The van der Waals surface area contributed by atoms with Gasteiger partial charge in [-0.3, -0.25) is 10.00 Å². The Morgan fingerprint density at radius 1 is 1.42 bits per heavy atom. The lowest BCUT2D eigenvalue weighted by Gasteiger charge is -2.23. The summed E-state index contributed by atoms with van der Waals surface area (Å²) >= 11 is 0. The molecule has 2 atom stereocenters. The van der Waals surface area contributed by atoms with Crippen molar-refractivity contribution in [2.45, 2.75) is 25.0 Å². The molecule has 0 unspecified atom stereocenters. The van der Waals surface area contributed by atoms with Crippen molar-refractivity contribution in [3.63, 3.8) is 0 Å². The van der Waals surface area contributed by atoms with E-state index >= 15 is 0 Å². The van der Waals surface area contributed by atoms with E-state index < -0.39 is 0 Å². The largest absolute Gasteiger partial charge is 0.376 e. The topological polar surface area (TPSA) is 82.7 Å². The molecule has 4 rings (SSSR count). The predicted molar refractivity (Wildman–Crippen MR) is 85.9 cm³/mol. The molecule has 0 spiro atoms. The zero-order chi connectivity index (χ0) is 16.5. The fourth-order valence-electron chi connectivity index (χ4n) is 3.29. The minimum Gasteiger partial charge on any atom is -0.376 e. The molecular formula is C16H19FN6O. The Morgan fingerprint density at radius 2 is 2.33 bits per heavy atom. The second-order valence-electron chi connectivity index (χ2n) is 6.19. The van der Waals surface area contributed by atoms with E-state index in [0.717, 1.165) is 36.7 Å². The van der Waals surface area contributed by atoms with E-state index in [1.807, 2.05) is 13.1 Å². The van der Waals surface area contributed by atoms with Crippen LogP contribution in [0.2, 0.25) is 0 Å². The van der Waals surface area contributed by atoms with Crippen LogP contribution < -0.4 is 0 Å². The molecule has 0 aliphatic carbocycles. The third-order valence-corrected chi connectivity index (χ3v) is 4.42. The highest BCUT2D eigenvalue weighted by atomic mass is 19.1. The van der Waals surface area contributed by atoms with E-state index in [1.165, 1.54) is 12.4 Å². The lowest BCUT2D eigenvalue weighted by Crippen LogP contribution is -2.32. The second-order valence-corrected chi connectivity index (χ2v) is 6.19. The van der Waals surface area contributed by atoms with Crippen molar-refractivity contribution in [2.24, 2.45) is 0 Å². The van der Waals surface area contributed by atoms with Crippen LogP contribution in [0.3, 0.4) is 0 Å². The number of aromatic amines is 2. The standard InChI is InChI=1S/C16H19FN6O/c1-23(7-13-10(5-6-24-13)16-18-9-19-22-16)8-14-20-12-4-2-3-11(17)15(12)21-14/h2-4,9-10,13H,5-8H2,1H3,(H,20,21)(H,18,19,22)/t10-,13-/m1/s1. The van der Waals surface area contributed by atoms with Crippen molar-refractivity contribution in [2.75, 3.05) is 20.2 Å². The summed E-state index contributed by atoms with van der Waals surface area (Å²) in [4.78, 5) is 13.9. The zero-order valence-electron chi connectivity index (χ0n) is 13.4. The van der Waals surface area contributed by atoms with E-state index in [4.69, 9.17) is 4.74 Å². The lowest BCUT2D eigenvalue weighted by atomic mass is 10.0. The van der Waals surface area contributed by atoms with E-state index in [2.05, 4.69) is 30.0 Å². The van der Waals surface area contributed by atoms with E-state index in [1.54, 1.807) is 6.07 Å². The molecule has 2 N–H and O–H groups in total. The van der Waals surface area contributed by atoms with Gasteiger partial charge in [-0.2, -0.15) is 5.10 Å². The molecule has 0 bridgehead atoms. The smallest absolute Gasteiger partial charge is 0.151 e. The van der Waals surface area contributed by atoms with E-state index in [-0.39, 0.29) is 17.8 Å². The molecule has 7 nitrogen and oxygen atoms in total. The molecule has 0 amide bonds. The van der Waals surface area contributed by atoms with Gasteiger partial charge in [0.25, 0.3) is 0 Å². The third kappa shape index (κ3) is 2.90. The van der Waals surface area contributed by atoms with Crippen molar-refractivity contribution in [3.05, 3.63) is 42.0 Å². The Bertz CT molecular complexity index is 817. The first-order valence-electron chi connectivity index (χ1n) is 7.99. The van der Waals surface area contributed by atoms with Gasteiger partial charge >= 0.3 is 0 Å². The van der Waals surface area contributed by atoms with Gasteiger partial charge in [-0.05, 0) is 25.6 Å². The number of nitrogens with one attached hydrogen (secondary N) is 2. The number of nitrogens with zero attached hydrogens (tertiary/aromatic N) is 4. The summed E-state index contributed by atoms with van der Waals surface area (Å²) in [5.41, 5.74) is 1.10. The van der Waals surface area contributed by atoms with Gasteiger partial charge in [0.05, 0.1) is 18.2 Å². The highest BCUT2D eigenvalue weighted by Crippen LogP contribution is 2.29. The van der Waals surface area contributed by atoms with E-state index in [0.29, 0.717) is 12.1 Å². The summed E-state index contributed by atoms with van der Waals surface area (Å²) in [7, 11) is 2.00. The fraction of sp³-hybridized carbons (Fsp3) is 0.438. The van der Waals surface area contributed by atoms with Crippen LogP contribution >= 0.6 is 0 Å². The molecule has 3 aromatic rings. The molecule has 126 valence electrons. The number of imidazole rings is 1. The minimum absolute atomic E-state index is 0.0593. The Kier molecular flexibility index (Phi) is 3.99. The maximum Gasteiger partial charge on any atom is 0.151 e. The third-order valence-electron chi connectivity index (χ3n) is 4.42. The number of hydrogen-bond donors (Lipinski definition) is 2. The maximum atomic E-state index is 13.7. The Hall–Kier alpha value is -2.32. The van der Waals surface area contributed by atoms with Crippen LogP contribution in [0.4, 0.5) is 4.39 Å². The number of rotatable bonds is 5. The second kappa shape index (κ2) is 6.29. The van der Waals surface area contributed by atoms with E-state index in [9.17, 15) is 4.39 Å². The number of H-pyrrole nitrogens is 2. The number of benzene rings is 1. The molecule has 1 aromatic carbocycles. The van der Waals surface area contributed by atoms with Crippen LogP contribution in [0.25, 0.3) is 11.0 Å². The summed E-state index contributed by atoms with van der Waals surface area (Å²) in [6, 6.07) is 4.93. The number of likely N-dealkylation sites (N-methyl/N-ethyl adjacent to an activating group) is 1. The maximum absolute atomic E-state index is 13.7. The van der Waals surface area contributed by atoms with Gasteiger partial charge in [-0.25, -0.2) is 14.4 Å². The fourth-order valence-corrected chi connectivity index (χ4v) is 3.29. The van der Waals surface area contributed by atoms with Crippen molar-refractivity contribution < 1.29 is 9.13 Å². The molecule has 24 heavy (non-hydrogen) atoms. The average Bonchev–Trinajstić information content (AvgIpc) is 3.26. The lowest BCUT2D eigenvalue weighted by molar-refractivity contribution is 0.0705. The zero-order valence-corrected chi connectivity index (χ0v) is 13.4. The monoisotopic (exact) mass is 330 g/mol. The molecule has 1 saturated heterocycles. The molecule has 2 aromatic heterocycles. The van der Waals surface area contributed by atoms with Crippen LogP contribution in [0.5, 0.6) is 0 Å². The number of fused-ring (bicyclic) bond motifs is 1. The average molecular weight is 330 g/mol. The van der Waals surface area contributed by atoms with Crippen LogP contribution in [0.1, 0.15) is 24.0 Å². The van der Waals surface area contributed by atoms with Crippen molar-refractivity contribution in [1.29, 1.82) is 0 Å². The Morgan fingerprint density at radius 3 is 3.12 bits per heavy atom. The van der Waals surface area contributed by atoms with Crippen LogP contribution in [-0.2, 0) is 11.3 Å². The van der Waals surface area contributed by atoms with Crippen LogP contribution in [0.15, 0.2) is 24.5 Å². The minimum atomic E-state index is -0.304. The Balaban J connectivity index is 1.44. The molecule has 1 fully saturated rings. The van der Waals surface area contributed by atoms with Crippen molar-refractivity contribution in [1.82, 2.24) is 30.0 Å². The van der Waals surface area contributed by atoms with Gasteiger partial charge in [0.15, 0.2) is 5.82 Å². The van der Waals surface area contributed by atoms with Gasteiger partial charge in [0.1, 0.15) is 23.5 Å². The first-order valence-corrected chi connectivity index (χ1v) is 7.99. The van der Waals surface area contributed by atoms with Gasteiger partial charge in [0.2, 0.25) is 0 Å². The normalized spacial score (nSPS) is 21.1. The first kappa shape index (κ1) is 15.2. The number of para-hydroxylation sites is 1. The van der Waals surface area contributed by atoms with Crippen LogP contribution in [-0.4, -0.2) is 56.4 Å². The van der Waals surface area contributed by atoms with Crippen LogP contribution in [0, 0.1) is 5.82 Å². The van der Waals surface area contributed by atoms with Gasteiger partial charge in [-0.15, -0.1) is 0 Å². The highest BCUT2D eigenvalue weighted by Gasteiger charge is 2.32. The summed E-state index contributed by atoms with van der Waals surface area (Å²) in [6.45, 7) is 2.06. The summed E-state index contributed by atoms with van der Waals surface area (Å²) < 4.78 is 19.6. The summed E-state index contributed by atoms with van der Waals surface area (Å²) in [6.07, 6.45) is 2.52. The molecule has 0 radical (unpaired) electrons. The number of hydrogen-bond acceptors (Lipinski definition) is 5.